The summed E-state index contributed by atoms with van der Waals surface area (Å²) in [7, 11) is 0. The minimum Gasteiger partial charge on any atom is -0.396 e. The topological polar surface area (TPSA) is 132 Å². The summed E-state index contributed by atoms with van der Waals surface area (Å²) in [6.07, 6.45) is 7.62. The second-order valence-corrected chi connectivity index (χ2v) is 11.1. The van der Waals surface area contributed by atoms with E-state index in [1.807, 2.05) is 49.4 Å². The molecule has 2 N–H and O–H groups in total. The number of aromatic nitrogens is 3. The highest BCUT2D eigenvalue weighted by molar-refractivity contribution is 6.08. The lowest BCUT2D eigenvalue weighted by atomic mass is 9.82. The number of aliphatic hydroxyl groups is 2. The number of anilines is 3. The van der Waals surface area contributed by atoms with Gasteiger partial charge in [0.2, 0.25) is 11.8 Å². The molecule has 4 heterocycles. The van der Waals surface area contributed by atoms with Gasteiger partial charge in [0.15, 0.2) is 5.60 Å². The predicted molar refractivity (Wildman–Crippen MR) is 156 cm³/mol. The number of amides is 3. The van der Waals surface area contributed by atoms with E-state index in [1.54, 1.807) is 37.7 Å². The molecule has 2 fully saturated rings. The maximum atomic E-state index is 14.1. The molecule has 0 spiro atoms. The van der Waals surface area contributed by atoms with Gasteiger partial charge < -0.3 is 24.9 Å². The molecule has 6 rings (SSSR count). The van der Waals surface area contributed by atoms with Crippen LogP contribution < -0.4 is 14.7 Å². The molecular weight excluding hydrogens is 536 g/mol. The first kappa shape index (κ1) is 27.8. The summed E-state index contributed by atoms with van der Waals surface area (Å²) in [6.45, 7) is 3.90. The smallest absolute Gasteiger partial charge is 0.264 e. The Morgan fingerprint density at radius 3 is 2.43 bits per heavy atom. The molecule has 3 aliphatic rings. The summed E-state index contributed by atoms with van der Waals surface area (Å²) in [5, 5.41) is 29.3. The first-order valence-electron chi connectivity index (χ1n) is 14.3. The van der Waals surface area contributed by atoms with Crippen molar-refractivity contribution in [2.75, 3.05) is 34.4 Å². The summed E-state index contributed by atoms with van der Waals surface area (Å²) in [6, 6.07) is 13.0. The van der Waals surface area contributed by atoms with E-state index in [-0.39, 0.29) is 25.0 Å². The number of nitrogens with zero attached hydrogens (tertiary/aromatic N) is 6. The molecule has 2 saturated heterocycles. The van der Waals surface area contributed by atoms with Crippen molar-refractivity contribution in [3.8, 4) is 0 Å². The summed E-state index contributed by atoms with van der Waals surface area (Å²) < 4.78 is 1.70. The van der Waals surface area contributed by atoms with Crippen LogP contribution in [0.15, 0.2) is 60.8 Å². The molecule has 0 aliphatic carbocycles. The molecule has 0 bridgehead atoms. The van der Waals surface area contributed by atoms with E-state index in [0.29, 0.717) is 62.3 Å². The fraction of sp³-hybridized carbons (Fsp3) is 0.387. The van der Waals surface area contributed by atoms with E-state index < -0.39 is 17.4 Å². The lowest BCUT2D eigenvalue weighted by Gasteiger charge is -2.32. The normalized spacial score (nSPS) is 20.7. The van der Waals surface area contributed by atoms with Gasteiger partial charge in [-0.3, -0.25) is 19.1 Å². The molecule has 11 heteroatoms. The average Bonchev–Trinajstić information content (AvgIpc) is 3.50. The van der Waals surface area contributed by atoms with Gasteiger partial charge in [0.1, 0.15) is 0 Å². The first-order chi connectivity index (χ1) is 20.3. The van der Waals surface area contributed by atoms with Crippen molar-refractivity contribution in [1.29, 1.82) is 0 Å². The number of carbonyl (C=O) groups is 3. The molecule has 0 saturated carbocycles. The number of hydrogen-bond donors (Lipinski definition) is 2. The molecular formula is C31H34N6O5. The number of fused-ring (bicyclic) bond motifs is 1. The number of carbonyl (C=O) groups excluding carboxylic acids is 3. The molecule has 218 valence electrons. The Morgan fingerprint density at radius 1 is 1.02 bits per heavy atom. The molecule has 3 aliphatic heterocycles. The van der Waals surface area contributed by atoms with Crippen molar-refractivity contribution in [3.05, 3.63) is 77.6 Å². The van der Waals surface area contributed by atoms with Crippen LogP contribution in [0.4, 0.5) is 17.1 Å². The summed E-state index contributed by atoms with van der Waals surface area (Å²) in [5.41, 5.74) is 2.26. The van der Waals surface area contributed by atoms with Gasteiger partial charge in [-0.2, -0.15) is 0 Å². The van der Waals surface area contributed by atoms with Crippen LogP contribution in [0.25, 0.3) is 0 Å². The zero-order valence-electron chi connectivity index (χ0n) is 23.5. The van der Waals surface area contributed by atoms with Gasteiger partial charge in [0.25, 0.3) is 5.91 Å². The quantitative estimate of drug-likeness (QED) is 0.267. The molecule has 3 aromatic rings. The molecule has 42 heavy (non-hydrogen) atoms. The maximum Gasteiger partial charge on any atom is 0.264 e. The van der Waals surface area contributed by atoms with Crippen molar-refractivity contribution in [2.45, 2.75) is 51.3 Å². The predicted octanol–water partition coefficient (Wildman–Crippen LogP) is 2.30. The Bertz CT molecular complexity index is 1570. The van der Waals surface area contributed by atoms with E-state index in [1.165, 1.54) is 0 Å². The van der Waals surface area contributed by atoms with Gasteiger partial charge in [0, 0.05) is 74.6 Å². The highest BCUT2D eigenvalue weighted by Gasteiger charge is 2.53. The van der Waals surface area contributed by atoms with Gasteiger partial charge >= 0.3 is 0 Å². The third-order valence-electron chi connectivity index (χ3n) is 8.39. The number of aryl methyl sites for hydroxylation is 1. The fourth-order valence-corrected chi connectivity index (χ4v) is 5.76. The SMILES string of the molecule is C[C@@H](/C=C/CCn1cc(CCO)nn1)[C@]1(O)C(=O)N(Cc2cccc(N3CCC3=O)c2)c2ccc(N3CCC3=O)cc21. The largest absolute Gasteiger partial charge is 0.396 e. The number of benzene rings is 2. The Balaban J connectivity index is 1.26. The summed E-state index contributed by atoms with van der Waals surface area (Å²) in [4.78, 5) is 43.2. The summed E-state index contributed by atoms with van der Waals surface area (Å²) >= 11 is 0. The molecule has 2 aromatic carbocycles. The van der Waals surface area contributed by atoms with Crippen LogP contribution in [0.3, 0.4) is 0 Å². The molecule has 0 unspecified atom stereocenters. The van der Waals surface area contributed by atoms with E-state index >= 15 is 0 Å². The van der Waals surface area contributed by atoms with Crippen molar-refractivity contribution < 1.29 is 24.6 Å². The Kier molecular flexibility index (Phi) is 7.38. The maximum absolute atomic E-state index is 14.1. The minimum atomic E-state index is -1.83. The molecule has 2 atom stereocenters. The van der Waals surface area contributed by atoms with Crippen molar-refractivity contribution >= 4 is 34.8 Å². The Hall–Kier alpha value is -4.35. The number of β-lactam (4-membered cyclic amide) rings is 2. The third kappa shape index (κ3) is 4.88. The molecule has 11 nitrogen and oxygen atoms in total. The Labute approximate surface area is 243 Å². The first-order valence-corrected chi connectivity index (χ1v) is 14.3. The minimum absolute atomic E-state index is 0.0123. The van der Waals surface area contributed by atoms with E-state index in [2.05, 4.69) is 10.3 Å². The van der Waals surface area contributed by atoms with Crippen LogP contribution in [0.2, 0.25) is 0 Å². The third-order valence-corrected chi connectivity index (χ3v) is 8.39. The van der Waals surface area contributed by atoms with Crippen LogP contribution in [0.1, 0.15) is 43.0 Å². The van der Waals surface area contributed by atoms with Crippen LogP contribution in [0.5, 0.6) is 0 Å². The monoisotopic (exact) mass is 570 g/mol. The van der Waals surface area contributed by atoms with Crippen LogP contribution in [-0.2, 0) is 39.5 Å². The van der Waals surface area contributed by atoms with Crippen molar-refractivity contribution in [1.82, 2.24) is 15.0 Å². The standard InChI is InChI=1S/C31H34N6O5/c1-21(5-2-3-13-34-20-23(12-16-38)32-33-34)31(42)26-18-25(36-15-11-29(36)40)8-9-27(26)37(30(31)41)19-22-6-4-7-24(17-22)35-14-10-28(35)39/h2,4-9,17-18,20-21,38,42H,3,10-16,19H2,1H3/b5-2+/t21-,31+/m0/s1. The van der Waals surface area contributed by atoms with E-state index in [0.717, 1.165) is 16.9 Å². The van der Waals surface area contributed by atoms with Crippen molar-refractivity contribution in [2.24, 2.45) is 5.92 Å². The zero-order chi connectivity index (χ0) is 29.4. The highest BCUT2D eigenvalue weighted by atomic mass is 16.3. The lowest BCUT2D eigenvalue weighted by Crippen LogP contribution is -2.45. The highest BCUT2D eigenvalue weighted by Crippen LogP contribution is 2.47. The van der Waals surface area contributed by atoms with Crippen LogP contribution >= 0.6 is 0 Å². The molecule has 1 aromatic heterocycles. The van der Waals surface area contributed by atoms with Gasteiger partial charge in [-0.25, -0.2) is 0 Å². The van der Waals surface area contributed by atoms with Gasteiger partial charge in [0.05, 0.1) is 17.9 Å². The second-order valence-electron chi connectivity index (χ2n) is 11.1. The van der Waals surface area contributed by atoms with E-state index in [4.69, 9.17) is 5.11 Å². The zero-order valence-corrected chi connectivity index (χ0v) is 23.5. The van der Waals surface area contributed by atoms with Crippen molar-refractivity contribution in [3.63, 3.8) is 0 Å². The molecule has 3 amide bonds. The second kappa shape index (κ2) is 11.1. The van der Waals surface area contributed by atoms with Gasteiger partial charge in [-0.1, -0.05) is 36.4 Å². The molecule has 0 radical (unpaired) electrons. The summed E-state index contributed by atoms with van der Waals surface area (Å²) in [5.74, 6) is -0.911. The number of aliphatic hydroxyl groups excluding tert-OH is 1. The number of allylic oxidation sites excluding steroid dienone is 1. The van der Waals surface area contributed by atoms with Gasteiger partial charge in [-0.15, -0.1) is 5.10 Å². The van der Waals surface area contributed by atoms with Crippen LogP contribution in [0, 0.1) is 5.92 Å². The number of hydrogen-bond acceptors (Lipinski definition) is 7. The Morgan fingerprint density at radius 2 is 1.76 bits per heavy atom. The lowest BCUT2D eigenvalue weighted by molar-refractivity contribution is -0.139. The fourth-order valence-electron chi connectivity index (χ4n) is 5.76. The van der Waals surface area contributed by atoms with E-state index in [9.17, 15) is 19.5 Å². The average molecular weight is 571 g/mol. The van der Waals surface area contributed by atoms with Crippen LogP contribution in [-0.4, -0.2) is 62.6 Å². The number of rotatable bonds is 11. The van der Waals surface area contributed by atoms with Gasteiger partial charge in [-0.05, 0) is 42.3 Å².